The zero-order valence-corrected chi connectivity index (χ0v) is 7.79. The Kier molecular flexibility index (Phi) is 2.09. The van der Waals surface area contributed by atoms with Gasteiger partial charge in [0.2, 0.25) is 0 Å². The molecule has 1 saturated carbocycles. The van der Waals surface area contributed by atoms with Gasteiger partial charge >= 0.3 is 0 Å². The van der Waals surface area contributed by atoms with Crippen LogP contribution in [0.15, 0.2) is 43.0 Å². The Morgan fingerprint density at radius 1 is 1.31 bits per heavy atom. The van der Waals surface area contributed by atoms with Gasteiger partial charge in [-0.1, -0.05) is 24.3 Å². The first kappa shape index (κ1) is 8.36. The monoisotopic (exact) mass is 173 g/mol. The molecule has 0 saturated heterocycles. The maximum absolute atomic E-state index is 3.79. The molecular formula is C12H15N. The molecule has 1 nitrogen and oxygen atoms in total. The normalized spacial score (nSPS) is 17.8. The molecule has 1 aromatic carbocycles. The lowest BCUT2D eigenvalue weighted by molar-refractivity contribution is 0.747. The van der Waals surface area contributed by atoms with Crippen LogP contribution < -0.4 is 5.32 Å². The summed E-state index contributed by atoms with van der Waals surface area (Å²) in [6.45, 7) is 3.79. The van der Waals surface area contributed by atoms with Crippen LogP contribution in [0.25, 0.3) is 0 Å². The Morgan fingerprint density at radius 2 is 2.00 bits per heavy atom. The Hall–Kier alpha value is -1.24. The summed E-state index contributed by atoms with van der Waals surface area (Å²) in [4.78, 5) is 0. The lowest BCUT2D eigenvalue weighted by atomic mass is 10.1. The van der Waals surface area contributed by atoms with E-state index in [9.17, 15) is 0 Å². The molecule has 1 aliphatic carbocycles. The average molecular weight is 173 g/mol. The minimum atomic E-state index is 0.336. The van der Waals surface area contributed by atoms with Crippen molar-refractivity contribution in [2.45, 2.75) is 24.8 Å². The molecular weight excluding hydrogens is 158 g/mol. The Balaban J connectivity index is 2.02. The van der Waals surface area contributed by atoms with E-state index in [1.54, 1.807) is 0 Å². The number of anilines is 1. The van der Waals surface area contributed by atoms with E-state index in [1.807, 2.05) is 12.1 Å². The van der Waals surface area contributed by atoms with E-state index in [1.165, 1.54) is 18.5 Å². The number of nitrogens with one attached hydrogen (secondary N) is 1. The molecule has 13 heavy (non-hydrogen) atoms. The highest BCUT2D eigenvalue weighted by atomic mass is 15.0. The van der Waals surface area contributed by atoms with Crippen molar-refractivity contribution >= 4 is 5.69 Å². The lowest BCUT2D eigenvalue weighted by Gasteiger charge is -2.16. The first-order valence-corrected chi connectivity index (χ1v) is 4.79. The van der Waals surface area contributed by atoms with Crippen LogP contribution in [0.2, 0.25) is 0 Å². The van der Waals surface area contributed by atoms with E-state index in [0.717, 1.165) is 6.42 Å². The Bertz CT molecular complexity index is 285. The third-order valence-corrected chi connectivity index (χ3v) is 2.57. The van der Waals surface area contributed by atoms with Crippen molar-refractivity contribution in [3.63, 3.8) is 0 Å². The van der Waals surface area contributed by atoms with Gasteiger partial charge in [-0.25, -0.2) is 0 Å². The summed E-state index contributed by atoms with van der Waals surface area (Å²) in [6, 6.07) is 10.4. The van der Waals surface area contributed by atoms with E-state index in [-0.39, 0.29) is 0 Å². The van der Waals surface area contributed by atoms with Gasteiger partial charge < -0.3 is 5.32 Å². The van der Waals surface area contributed by atoms with Crippen molar-refractivity contribution in [3.8, 4) is 0 Å². The van der Waals surface area contributed by atoms with Gasteiger partial charge in [0.05, 0.1) is 0 Å². The molecule has 68 valence electrons. The van der Waals surface area contributed by atoms with Crippen molar-refractivity contribution in [1.82, 2.24) is 0 Å². The molecule has 0 aromatic heterocycles. The van der Waals surface area contributed by atoms with Crippen molar-refractivity contribution in [1.29, 1.82) is 0 Å². The van der Waals surface area contributed by atoms with E-state index >= 15 is 0 Å². The van der Waals surface area contributed by atoms with Crippen molar-refractivity contribution < 1.29 is 0 Å². The Labute approximate surface area is 79.5 Å². The first-order valence-electron chi connectivity index (χ1n) is 4.79. The highest BCUT2D eigenvalue weighted by molar-refractivity contribution is 5.47. The summed E-state index contributed by atoms with van der Waals surface area (Å²) in [7, 11) is 0. The van der Waals surface area contributed by atoms with Gasteiger partial charge in [-0.15, -0.1) is 6.58 Å². The van der Waals surface area contributed by atoms with Gasteiger partial charge in [0.25, 0.3) is 0 Å². The van der Waals surface area contributed by atoms with Crippen LogP contribution in [0, 0.1) is 0 Å². The molecule has 0 radical (unpaired) electrons. The number of rotatable bonds is 4. The van der Waals surface area contributed by atoms with Gasteiger partial charge in [0.1, 0.15) is 0 Å². The van der Waals surface area contributed by atoms with Crippen LogP contribution in [0.4, 0.5) is 5.69 Å². The molecule has 0 unspecified atom stereocenters. The van der Waals surface area contributed by atoms with Crippen LogP contribution >= 0.6 is 0 Å². The molecule has 1 aromatic rings. The second-order valence-electron chi connectivity index (χ2n) is 3.76. The summed E-state index contributed by atoms with van der Waals surface area (Å²) in [5.74, 6) is 0. The summed E-state index contributed by atoms with van der Waals surface area (Å²) in [5.41, 5.74) is 1.56. The molecule has 1 N–H and O–H groups in total. The molecule has 1 heteroatoms. The van der Waals surface area contributed by atoms with Crippen molar-refractivity contribution in [2.24, 2.45) is 0 Å². The Morgan fingerprint density at radius 3 is 2.54 bits per heavy atom. The molecule has 0 atom stereocenters. The number of para-hydroxylation sites is 1. The van der Waals surface area contributed by atoms with E-state index < -0.39 is 0 Å². The van der Waals surface area contributed by atoms with Gasteiger partial charge in [-0.05, 0) is 31.4 Å². The van der Waals surface area contributed by atoms with Gasteiger partial charge in [-0.3, -0.25) is 0 Å². The van der Waals surface area contributed by atoms with Crippen LogP contribution in [-0.4, -0.2) is 5.54 Å². The molecule has 0 bridgehead atoms. The molecule has 1 aliphatic rings. The van der Waals surface area contributed by atoms with Crippen LogP contribution in [0.5, 0.6) is 0 Å². The zero-order valence-electron chi connectivity index (χ0n) is 7.79. The number of hydrogen-bond acceptors (Lipinski definition) is 1. The third-order valence-electron chi connectivity index (χ3n) is 2.57. The average Bonchev–Trinajstić information content (AvgIpc) is 2.87. The second-order valence-corrected chi connectivity index (χ2v) is 3.76. The van der Waals surface area contributed by atoms with Crippen LogP contribution in [-0.2, 0) is 0 Å². The maximum atomic E-state index is 3.79. The van der Waals surface area contributed by atoms with E-state index in [4.69, 9.17) is 0 Å². The lowest BCUT2D eigenvalue weighted by Crippen LogP contribution is -2.19. The smallest absolute Gasteiger partial charge is 0.0409 e. The van der Waals surface area contributed by atoms with Gasteiger partial charge in [-0.2, -0.15) is 0 Å². The predicted molar refractivity (Wildman–Crippen MR) is 56.8 cm³/mol. The fourth-order valence-electron chi connectivity index (χ4n) is 1.64. The summed E-state index contributed by atoms with van der Waals surface area (Å²) < 4.78 is 0. The third kappa shape index (κ3) is 1.92. The summed E-state index contributed by atoms with van der Waals surface area (Å²) >= 11 is 0. The van der Waals surface area contributed by atoms with E-state index in [0.29, 0.717) is 5.54 Å². The van der Waals surface area contributed by atoms with Crippen molar-refractivity contribution in [2.75, 3.05) is 5.32 Å². The topological polar surface area (TPSA) is 12.0 Å². The van der Waals surface area contributed by atoms with Crippen LogP contribution in [0.1, 0.15) is 19.3 Å². The minimum absolute atomic E-state index is 0.336. The number of benzene rings is 1. The molecule has 0 aliphatic heterocycles. The molecule has 1 fully saturated rings. The van der Waals surface area contributed by atoms with Crippen LogP contribution in [0.3, 0.4) is 0 Å². The van der Waals surface area contributed by atoms with Gasteiger partial charge in [0.15, 0.2) is 0 Å². The highest BCUT2D eigenvalue weighted by Gasteiger charge is 2.40. The van der Waals surface area contributed by atoms with Gasteiger partial charge in [0, 0.05) is 11.2 Å². The molecule has 0 heterocycles. The fourth-order valence-corrected chi connectivity index (χ4v) is 1.64. The molecule has 0 amide bonds. The number of hydrogen-bond donors (Lipinski definition) is 1. The first-order chi connectivity index (χ1) is 6.35. The zero-order chi connectivity index (χ0) is 9.15. The minimum Gasteiger partial charge on any atom is -0.379 e. The summed E-state index contributed by atoms with van der Waals surface area (Å²) in [5, 5.41) is 3.56. The quantitative estimate of drug-likeness (QED) is 0.689. The fraction of sp³-hybridized carbons (Fsp3) is 0.333. The SMILES string of the molecule is C=CCC1(Nc2ccccc2)CC1. The van der Waals surface area contributed by atoms with Crippen molar-refractivity contribution in [3.05, 3.63) is 43.0 Å². The van der Waals surface area contributed by atoms with E-state index in [2.05, 4.69) is 36.2 Å². The predicted octanol–water partition coefficient (Wildman–Crippen LogP) is 3.21. The summed E-state index contributed by atoms with van der Waals surface area (Å²) in [6.07, 6.45) is 5.62. The highest BCUT2D eigenvalue weighted by Crippen LogP contribution is 2.41. The molecule has 2 rings (SSSR count). The maximum Gasteiger partial charge on any atom is 0.0409 e. The standard InChI is InChI=1S/C12H15N/c1-2-8-12(9-10-12)13-11-6-4-3-5-7-11/h2-7,13H,1,8-10H2. The second kappa shape index (κ2) is 3.25. The largest absolute Gasteiger partial charge is 0.379 e. The molecule has 0 spiro atoms.